The molecule has 0 aliphatic rings. The minimum atomic E-state index is 0.111. The molecule has 11 heavy (non-hydrogen) atoms. The molecule has 2 N–H and O–H groups in total. The van der Waals surface area contributed by atoms with Gasteiger partial charge in [-0.2, -0.15) is 0 Å². The SMILES string of the molecule is C[C@H](N)c1ccc(CCl)cc1. The predicted octanol–water partition coefficient (Wildman–Crippen LogP) is 2.45. The summed E-state index contributed by atoms with van der Waals surface area (Å²) < 4.78 is 0. The fourth-order valence-corrected chi connectivity index (χ4v) is 1.09. The van der Waals surface area contributed by atoms with Crippen LogP contribution in [0, 0.1) is 0 Å². The fraction of sp³-hybridized carbons (Fsp3) is 0.333. The lowest BCUT2D eigenvalue weighted by Crippen LogP contribution is -2.04. The summed E-state index contributed by atoms with van der Waals surface area (Å²) in [4.78, 5) is 0. The molecular formula is C9H12ClN. The van der Waals surface area contributed by atoms with Crippen molar-refractivity contribution >= 4 is 11.6 Å². The lowest BCUT2D eigenvalue weighted by Gasteiger charge is -2.04. The number of hydrogen-bond donors (Lipinski definition) is 1. The van der Waals surface area contributed by atoms with Gasteiger partial charge in [-0.15, -0.1) is 11.6 Å². The molecule has 1 aromatic carbocycles. The van der Waals surface area contributed by atoms with Crippen molar-refractivity contribution in [2.45, 2.75) is 18.8 Å². The van der Waals surface area contributed by atoms with Gasteiger partial charge in [0.2, 0.25) is 0 Å². The third-order valence-corrected chi connectivity index (χ3v) is 1.97. The van der Waals surface area contributed by atoms with Gasteiger partial charge in [0.25, 0.3) is 0 Å². The van der Waals surface area contributed by atoms with E-state index >= 15 is 0 Å². The Bertz CT molecular complexity index is 216. The number of alkyl halides is 1. The quantitative estimate of drug-likeness (QED) is 0.677. The van der Waals surface area contributed by atoms with Gasteiger partial charge in [-0.1, -0.05) is 24.3 Å². The van der Waals surface area contributed by atoms with Gasteiger partial charge in [0.05, 0.1) is 0 Å². The molecular weight excluding hydrogens is 158 g/mol. The highest BCUT2D eigenvalue weighted by molar-refractivity contribution is 6.17. The zero-order chi connectivity index (χ0) is 8.27. The van der Waals surface area contributed by atoms with Crippen molar-refractivity contribution in [1.29, 1.82) is 0 Å². The molecule has 0 unspecified atom stereocenters. The van der Waals surface area contributed by atoms with Gasteiger partial charge in [0, 0.05) is 11.9 Å². The highest BCUT2D eigenvalue weighted by atomic mass is 35.5. The van der Waals surface area contributed by atoms with E-state index in [0.717, 1.165) is 11.1 Å². The molecule has 1 nitrogen and oxygen atoms in total. The van der Waals surface area contributed by atoms with Crippen molar-refractivity contribution in [3.05, 3.63) is 35.4 Å². The standard InChI is InChI=1S/C9H12ClN/c1-7(11)9-4-2-8(6-10)3-5-9/h2-5,7H,6,11H2,1H3/t7-/m0/s1. The van der Waals surface area contributed by atoms with Gasteiger partial charge in [0.1, 0.15) is 0 Å². The largest absolute Gasteiger partial charge is 0.324 e. The molecule has 0 aromatic heterocycles. The van der Waals surface area contributed by atoms with Crippen LogP contribution in [-0.4, -0.2) is 0 Å². The topological polar surface area (TPSA) is 26.0 Å². The molecule has 0 bridgehead atoms. The molecule has 0 spiro atoms. The van der Waals surface area contributed by atoms with Crippen LogP contribution in [0.4, 0.5) is 0 Å². The maximum Gasteiger partial charge on any atom is 0.0474 e. The first kappa shape index (κ1) is 8.57. The van der Waals surface area contributed by atoms with E-state index in [1.807, 2.05) is 31.2 Å². The van der Waals surface area contributed by atoms with Crippen LogP contribution in [0.3, 0.4) is 0 Å². The van der Waals surface area contributed by atoms with Crippen molar-refractivity contribution in [1.82, 2.24) is 0 Å². The Kier molecular flexibility index (Phi) is 2.92. The normalized spacial score (nSPS) is 13.0. The molecule has 0 saturated heterocycles. The smallest absolute Gasteiger partial charge is 0.0474 e. The second-order valence-electron chi connectivity index (χ2n) is 2.66. The molecule has 0 amide bonds. The monoisotopic (exact) mass is 169 g/mol. The molecule has 0 aliphatic heterocycles. The van der Waals surface area contributed by atoms with Gasteiger partial charge < -0.3 is 5.73 Å². The van der Waals surface area contributed by atoms with Crippen LogP contribution in [0.25, 0.3) is 0 Å². The number of nitrogens with two attached hydrogens (primary N) is 1. The molecule has 0 saturated carbocycles. The lowest BCUT2D eigenvalue weighted by molar-refractivity contribution is 0.817. The van der Waals surface area contributed by atoms with Crippen molar-refractivity contribution < 1.29 is 0 Å². The Labute approximate surface area is 72.2 Å². The third-order valence-electron chi connectivity index (χ3n) is 1.66. The molecule has 1 rings (SSSR count). The van der Waals surface area contributed by atoms with Crippen molar-refractivity contribution in [3.8, 4) is 0 Å². The molecule has 60 valence electrons. The molecule has 2 heteroatoms. The highest BCUT2D eigenvalue weighted by Gasteiger charge is 1.97. The van der Waals surface area contributed by atoms with E-state index in [9.17, 15) is 0 Å². The summed E-state index contributed by atoms with van der Waals surface area (Å²) in [7, 11) is 0. The minimum absolute atomic E-state index is 0.111. The van der Waals surface area contributed by atoms with Gasteiger partial charge in [-0.05, 0) is 18.1 Å². The first-order valence-corrected chi connectivity index (χ1v) is 4.18. The van der Waals surface area contributed by atoms with Crippen molar-refractivity contribution in [2.24, 2.45) is 5.73 Å². The summed E-state index contributed by atoms with van der Waals surface area (Å²) in [5.41, 5.74) is 7.96. The maximum atomic E-state index is 5.67. The second-order valence-corrected chi connectivity index (χ2v) is 2.93. The van der Waals surface area contributed by atoms with E-state index in [1.165, 1.54) is 0 Å². The van der Waals surface area contributed by atoms with Crippen LogP contribution in [0.5, 0.6) is 0 Å². The maximum absolute atomic E-state index is 5.67. The summed E-state index contributed by atoms with van der Waals surface area (Å²) in [6.07, 6.45) is 0. The average molecular weight is 170 g/mol. The second kappa shape index (κ2) is 3.74. The molecule has 1 aromatic rings. The Hall–Kier alpha value is -0.530. The van der Waals surface area contributed by atoms with E-state index in [4.69, 9.17) is 17.3 Å². The van der Waals surface area contributed by atoms with Crippen LogP contribution < -0.4 is 5.73 Å². The van der Waals surface area contributed by atoms with Crippen LogP contribution in [0.1, 0.15) is 24.1 Å². The van der Waals surface area contributed by atoms with Crippen LogP contribution >= 0.6 is 11.6 Å². The van der Waals surface area contributed by atoms with Gasteiger partial charge in [-0.3, -0.25) is 0 Å². The predicted molar refractivity (Wildman–Crippen MR) is 48.6 cm³/mol. The summed E-state index contributed by atoms with van der Waals surface area (Å²) >= 11 is 5.63. The Morgan fingerprint density at radius 1 is 1.36 bits per heavy atom. The number of hydrogen-bond acceptors (Lipinski definition) is 1. The first-order chi connectivity index (χ1) is 5.24. The number of rotatable bonds is 2. The molecule has 0 fully saturated rings. The van der Waals surface area contributed by atoms with Gasteiger partial charge in [0.15, 0.2) is 0 Å². The van der Waals surface area contributed by atoms with Crippen molar-refractivity contribution in [2.75, 3.05) is 0 Å². The van der Waals surface area contributed by atoms with E-state index in [0.29, 0.717) is 5.88 Å². The first-order valence-electron chi connectivity index (χ1n) is 3.64. The zero-order valence-corrected chi connectivity index (χ0v) is 7.31. The van der Waals surface area contributed by atoms with Gasteiger partial charge >= 0.3 is 0 Å². The lowest BCUT2D eigenvalue weighted by atomic mass is 10.1. The van der Waals surface area contributed by atoms with Crippen LogP contribution in [-0.2, 0) is 5.88 Å². The fourth-order valence-electron chi connectivity index (χ4n) is 0.910. The molecule has 0 radical (unpaired) electrons. The molecule has 0 heterocycles. The summed E-state index contributed by atoms with van der Waals surface area (Å²) in [6.45, 7) is 1.97. The Balaban J connectivity index is 2.83. The van der Waals surface area contributed by atoms with E-state index in [-0.39, 0.29) is 6.04 Å². The van der Waals surface area contributed by atoms with Crippen LogP contribution in [0.15, 0.2) is 24.3 Å². The highest BCUT2D eigenvalue weighted by Crippen LogP contribution is 2.11. The summed E-state index contributed by atoms with van der Waals surface area (Å²) in [5.74, 6) is 0.569. The minimum Gasteiger partial charge on any atom is -0.324 e. The Morgan fingerprint density at radius 3 is 2.27 bits per heavy atom. The van der Waals surface area contributed by atoms with E-state index in [1.54, 1.807) is 0 Å². The van der Waals surface area contributed by atoms with E-state index < -0.39 is 0 Å². The van der Waals surface area contributed by atoms with Crippen LogP contribution in [0.2, 0.25) is 0 Å². The summed E-state index contributed by atoms with van der Waals surface area (Å²) in [5, 5.41) is 0. The zero-order valence-electron chi connectivity index (χ0n) is 6.55. The van der Waals surface area contributed by atoms with Gasteiger partial charge in [-0.25, -0.2) is 0 Å². The average Bonchev–Trinajstić information content (AvgIpc) is 2.05. The molecule has 0 aliphatic carbocycles. The number of benzene rings is 1. The summed E-state index contributed by atoms with van der Waals surface area (Å²) in [6, 6.07) is 8.15. The van der Waals surface area contributed by atoms with E-state index in [2.05, 4.69) is 0 Å². The molecule has 1 atom stereocenters. The van der Waals surface area contributed by atoms with Crippen molar-refractivity contribution in [3.63, 3.8) is 0 Å². The Morgan fingerprint density at radius 2 is 1.91 bits per heavy atom. The third kappa shape index (κ3) is 2.21. The number of halogens is 1.